The number of nitrogens with one attached hydrogen (secondary N) is 1. The molecule has 0 saturated heterocycles. The second-order valence-electron chi connectivity index (χ2n) is 12.3. The van der Waals surface area contributed by atoms with Crippen LogP contribution in [0.4, 0.5) is 4.79 Å². The molecule has 42 heavy (non-hydrogen) atoms. The van der Waals surface area contributed by atoms with Crippen LogP contribution in [-0.2, 0) is 16.0 Å². The summed E-state index contributed by atoms with van der Waals surface area (Å²) in [6, 6.07) is 11.8. The molecular formula is C32H35ClN4O5. The van der Waals surface area contributed by atoms with Crippen molar-refractivity contribution in [2.45, 2.75) is 90.1 Å². The number of aryl methyl sites for hydroxylation is 1. The summed E-state index contributed by atoms with van der Waals surface area (Å²) < 4.78 is 12.9. The van der Waals surface area contributed by atoms with Crippen molar-refractivity contribution in [3.63, 3.8) is 0 Å². The molecule has 0 bridgehead atoms. The molecule has 10 heteroatoms. The average molecular weight is 591 g/mol. The Morgan fingerprint density at radius 3 is 2.52 bits per heavy atom. The summed E-state index contributed by atoms with van der Waals surface area (Å²) in [7, 11) is 0. The maximum Gasteiger partial charge on any atom is 0.412 e. The van der Waals surface area contributed by atoms with E-state index in [1.807, 2.05) is 24.3 Å². The minimum absolute atomic E-state index is 0.0256. The van der Waals surface area contributed by atoms with Crippen molar-refractivity contribution < 1.29 is 18.8 Å². The number of nitrogens with zero attached hydrogens (tertiary/aromatic N) is 3. The fraction of sp³-hybridized carbons (Fsp3) is 0.438. The Hall–Kier alpha value is -3.85. The Labute approximate surface area is 248 Å². The minimum atomic E-state index is -1.02. The minimum Gasteiger partial charge on any atom is -0.444 e. The lowest BCUT2D eigenvalue weighted by Gasteiger charge is -2.44. The van der Waals surface area contributed by atoms with Crippen molar-refractivity contribution >= 4 is 45.4 Å². The second kappa shape index (κ2) is 10.8. The lowest BCUT2D eigenvalue weighted by atomic mass is 9.89. The second-order valence-corrected chi connectivity index (χ2v) is 12.7. The monoisotopic (exact) mass is 590 g/mol. The van der Waals surface area contributed by atoms with Gasteiger partial charge in [0, 0.05) is 17.8 Å². The molecule has 9 nitrogen and oxygen atoms in total. The van der Waals surface area contributed by atoms with Crippen molar-refractivity contribution in [2.75, 3.05) is 0 Å². The first-order valence-electron chi connectivity index (χ1n) is 14.5. The van der Waals surface area contributed by atoms with Gasteiger partial charge >= 0.3 is 6.09 Å². The maximum atomic E-state index is 14.3. The van der Waals surface area contributed by atoms with E-state index in [2.05, 4.69) is 10.5 Å². The van der Waals surface area contributed by atoms with Crippen LogP contribution in [0.3, 0.4) is 0 Å². The molecule has 2 aliphatic rings. The van der Waals surface area contributed by atoms with Crippen LogP contribution in [0.1, 0.15) is 82.0 Å². The van der Waals surface area contributed by atoms with Crippen LogP contribution in [0.5, 0.6) is 0 Å². The highest BCUT2D eigenvalue weighted by Crippen LogP contribution is 2.41. The number of halogens is 1. The summed E-state index contributed by atoms with van der Waals surface area (Å²) in [4.78, 5) is 44.1. The van der Waals surface area contributed by atoms with Crippen LogP contribution >= 0.6 is 11.6 Å². The number of aromatic nitrogens is 2. The van der Waals surface area contributed by atoms with Crippen molar-refractivity contribution in [3.05, 3.63) is 74.7 Å². The molecule has 220 valence electrons. The zero-order chi connectivity index (χ0) is 29.8. The van der Waals surface area contributed by atoms with E-state index in [-0.39, 0.29) is 29.3 Å². The van der Waals surface area contributed by atoms with E-state index in [0.717, 1.165) is 37.7 Å². The van der Waals surface area contributed by atoms with Gasteiger partial charge in [0.25, 0.3) is 5.56 Å². The van der Waals surface area contributed by atoms with Crippen molar-refractivity contribution in [1.82, 2.24) is 19.9 Å². The number of carbonyl (C=O) groups is 2. The number of amides is 2. The predicted octanol–water partition coefficient (Wildman–Crippen LogP) is 6.59. The summed E-state index contributed by atoms with van der Waals surface area (Å²) in [5.41, 5.74) is 1.20. The van der Waals surface area contributed by atoms with E-state index >= 15 is 0 Å². The standard InChI is InChI=1S/C32H35ClN4O5/c1-18-25-27(35-42-18)26-22(33)15-10-16-23(26)36(30(25)39)24-17-19-11-8-9-14-21(19)28(37(24)31(40)41-32(2,3)4)29(38)34-20-12-6-5-7-13-20/h8-11,14-16,20,24,28H,5-7,12-13,17H2,1-4H3,(H,34,38). The Morgan fingerprint density at radius 1 is 1.05 bits per heavy atom. The van der Waals surface area contributed by atoms with Gasteiger partial charge in [-0.3, -0.25) is 19.1 Å². The topological polar surface area (TPSA) is 107 Å². The van der Waals surface area contributed by atoms with Crippen LogP contribution in [-0.4, -0.2) is 38.3 Å². The predicted molar refractivity (Wildman–Crippen MR) is 161 cm³/mol. The molecule has 3 heterocycles. The smallest absolute Gasteiger partial charge is 0.412 e. The Kier molecular flexibility index (Phi) is 7.25. The van der Waals surface area contributed by atoms with Gasteiger partial charge in [-0.2, -0.15) is 0 Å². The van der Waals surface area contributed by atoms with Crippen molar-refractivity contribution in [2.24, 2.45) is 0 Å². The van der Waals surface area contributed by atoms with E-state index in [1.54, 1.807) is 50.5 Å². The van der Waals surface area contributed by atoms with Crippen LogP contribution in [0, 0.1) is 6.92 Å². The number of fused-ring (bicyclic) bond motifs is 4. The average Bonchev–Trinajstić information content (AvgIpc) is 3.33. The number of hydrogen-bond acceptors (Lipinski definition) is 6. The van der Waals surface area contributed by atoms with Crippen molar-refractivity contribution in [3.8, 4) is 0 Å². The number of hydrogen-bond donors (Lipinski definition) is 1. The zero-order valence-corrected chi connectivity index (χ0v) is 25.0. The Balaban J connectivity index is 1.60. The first-order valence-corrected chi connectivity index (χ1v) is 14.9. The molecular weight excluding hydrogens is 556 g/mol. The van der Waals surface area contributed by atoms with Gasteiger partial charge in [0.2, 0.25) is 5.91 Å². The summed E-state index contributed by atoms with van der Waals surface area (Å²) in [6.07, 6.45) is 3.72. The van der Waals surface area contributed by atoms with Crippen LogP contribution in [0.15, 0.2) is 51.8 Å². The number of benzene rings is 2. The summed E-state index contributed by atoms with van der Waals surface area (Å²) >= 11 is 6.70. The first kappa shape index (κ1) is 28.3. The summed E-state index contributed by atoms with van der Waals surface area (Å²) in [5, 5.41) is 8.59. The highest BCUT2D eigenvalue weighted by molar-refractivity contribution is 6.37. The zero-order valence-electron chi connectivity index (χ0n) is 24.3. The molecule has 2 aromatic carbocycles. The SMILES string of the molecule is Cc1onc2c1c(=O)n(C1Cc3ccccc3C(C(=O)NC3CCCCC3)N1C(=O)OC(C)(C)C)c1cccc(Cl)c21. The summed E-state index contributed by atoms with van der Waals surface area (Å²) in [6.45, 7) is 7.01. The molecule has 1 saturated carbocycles. The van der Waals surface area contributed by atoms with Gasteiger partial charge < -0.3 is 14.6 Å². The third-order valence-electron chi connectivity index (χ3n) is 8.24. The Morgan fingerprint density at radius 2 is 1.79 bits per heavy atom. The molecule has 2 amide bonds. The summed E-state index contributed by atoms with van der Waals surface area (Å²) in [5.74, 6) is 0.0553. The fourth-order valence-electron chi connectivity index (χ4n) is 6.42. The van der Waals surface area contributed by atoms with E-state index in [9.17, 15) is 14.4 Å². The maximum absolute atomic E-state index is 14.3. The molecule has 2 atom stereocenters. The quantitative estimate of drug-likeness (QED) is 0.289. The lowest BCUT2D eigenvalue weighted by molar-refractivity contribution is -0.130. The molecule has 6 rings (SSSR count). The molecule has 1 aliphatic carbocycles. The van der Waals surface area contributed by atoms with Gasteiger partial charge in [-0.05, 0) is 63.8 Å². The van der Waals surface area contributed by atoms with Crippen LogP contribution < -0.4 is 10.9 Å². The number of carbonyl (C=O) groups excluding carboxylic acids is 2. The third-order valence-corrected chi connectivity index (χ3v) is 8.55. The van der Waals surface area contributed by atoms with Gasteiger partial charge in [-0.1, -0.05) is 66.4 Å². The normalized spacial score (nSPS) is 19.6. The molecule has 1 aliphatic heterocycles. The molecule has 0 spiro atoms. The van der Waals surface area contributed by atoms with E-state index < -0.39 is 23.9 Å². The molecule has 1 N–H and O–H groups in total. The van der Waals surface area contributed by atoms with Crippen LogP contribution in [0.2, 0.25) is 5.02 Å². The largest absolute Gasteiger partial charge is 0.444 e. The molecule has 4 aromatic rings. The molecule has 0 radical (unpaired) electrons. The fourth-order valence-corrected chi connectivity index (χ4v) is 6.68. The van der Waals surface area contributed by atoms with Gasteiger partial charge in [0.1, 0.15) is 34.5 Å². The van der Waals surface area contributed by atoms with Gasteiger partial charge in [-0.25, -0.2) is 4.79 Å². The van der Waals surface area contributed by atoms with E-state index in [4.69, 9.17) is 20.9 Å². The first-order chi connectivity index (χ1) is 20.0. The number of rotatable bonds is 3. The molecule has 2 aromatic heterocycles. The van der Waals surface area contributed by atoms with Gasteiger partial charge in [0.15, 0.2) is 0 Å². The van der Waals surface area contributed by atoms with E-state index in [1.165, 1.54) is 4.90 Å². The highest BCUT2D eigenvalue weighted by Gasteiger charge is 2.45. The van der Waals surface area contributed by atoms with E-state index in [0.29, 0.717) is 32.8 Å². The number of pyridine rings is 1. The van der Waals surface area contributed by atoms with Crippen molar-refractivity contribution in [1.29, 1.82) is 0 Å². The molecule has 1 fully saturated rings. The highest BCUT2D eigenvalue weighted by atomic mass is 35.5. The number of ether oxygens (including phenoxy) is 1. The third kappa shape index (κ3) is 4.93. The Bertz CT molecular complexity index is 1750. The lowest BCUT2D eigenvalue weighted by Crippen LogP contribution is -2.54. The van der Waals surface area contributed by atoms with Crippen LogP contribution in [0.25, 0.3) is 21.8 Å². The molecule has 2 unspecified atom stereocenters. The van der Waals surface area contributed by atoms with Gasteiger partial charge in [0.05, 0.1) is 10.5 Å². The van der Waals surface area contributed by atoms with Gasteiger partial charge in [-0.15, -0.1) is 0 Å².